The van der Waals surface area contributed by atoms with Crippen molar-refractivity contribution < 1.29 is 14.3 Å². The molecule has 1 aliphatic heterocycles. The molecule has 2 aromatic rings. The Morgan fingerprint density at radius 1 is 1.22 bits per heavy atom. The molecule has 2 N–H and O–H groups in total. The van der Waals surface area contributed by atoms with E-state index in [0.717, 1.165) is 17.1 Å². The number of fused-ring (bicyclic) bond motifs is 1. The number of hydrogen-bond donors (Lipinski definition) is 2. The van der Waals surface area contributed by atoms with Crippen LogP contribution in [0.2, 0.25) is 0 Å². The summed E-state index contributed by atoms with van der Waals surface area (Å²) < 4.78 is 7.00. The highest BCUT2D eigenvalue weighted by Gasteiger charge is 2.23. The number of nitrogens with zero attached hydrogens (tertiary/aromatic N) is 3. The third kappa shape index (κ3) is 4.58. The molecule has 0 fully saturated rings. The van der Waals surface area contributed by atoms with Gasteiger partial charge in [-0.2, -0.15) is 5.10 Å². The SMILES string of the molecule is COc1ccc(NC(=O)NCc2cc3n(n2)CCN(C(=O)C(C)C)C3)cc1. The van der Waals surface area contributed by atoms with Crippen LogP contribution in [-0.2, 0) is 24.4 Å². The van der Waals surface area contributed by atoms with Gasteiger partial charge in [0.1, 0.15) is 5.75 Å². The first-order chi connectivity index (χ1) is 13.0. The molecule has 27 heavy (non-hydrogen) atoms. The summed E-state index contributed by atoms with van der Waals surface area (Å²) in [6.07, 6.45) is 0. The van der Waals surface area contributed by atoms with E-state index in [0.29, 0.717) is 31.9 Å². The molecule has 0 radical (unpaired) electrons. The zero-order chi connectivity index (χ0) is 19.4. The highest BCUT2D eigenvalue weighted by atomic mass is 16.5. The van der Waals surface area contributed by atoms with Crippen LogP contribution in [0.4, 0.5) is 10.5 Å². The zero-order valence-electron chi connectivity index (χ0n) is 15.9. The predicted octanol–water partition coefficient (Wildman–Crippen LogP) is 2.21. The molecule has 3 rings (SSSR count). The average Bonchev–Trinajstić information content (AvgIpc) is 3.08. The summed E-state index contributed by atoms with van der Waals surface area (Å²) in [6.45, 7) is 6.03. The Bertz CT molecular complexity index is 813. The Labute approximate surface area is 158 Å². The van der Waals surface area contributed by atoms with Gasteiger partial charge in [-0.15, -0.1) is 0 Å². The molecule has 3 amide bonds. The molecule has 144 valence electrons. The lowest BCUT2D eigenvalue weighted by molar-refractivity contribution is -0.136. The fourth-order valence-corrected chi connectivity index (χ4v) is 2.99. The molecule has 1 aliphatic rings. The third-order valence-electron chi connectivity index (χ3n) is 4.43. The van der Waals surface area contributed by atoms with Gasteiger partial charge in [-0.25, -0.2) is 4.79 Å². The summed E-state index contributed by atoms with van der Waals surface area (Å²) in [7, 11) is 1.59. The normalized spacial score (nSPS) is 13.3. The number of rotatable bonds is 5. The Hall–Kier alpha value is -3.03. The van der Waals surface area contributed by atoms with E-state index in [1.807, 2.05) is 29.5 Å². The molecule has 0 atom stereocenters. The molecule has 0 saturated carbocycles. The van der Waals surface area contributed by atoms with Crippen molar-refractivity contribution in [2.75, 3.05) is 19.0 Å². The zero-order valence-corrected chi connectivity index (χ0v) is 15.9. The van der Waals surface area contributed by atoms with Gasteiger partial charge in [-0.05, 0) is 30.3 Å². The van der Waals surface area contributed by atoms with Crippen molar-refractivity contribution in [3.05, 3.63) is 41.7 Å². The second-order valence-electron chi connectivity index (χ2n) is 6.80. The largest absolute Gasteiger partial charge is 0.497 e. The summed E-state index contributed by atoms with van der Waals surface area (Å²) in [5.74, 6) is 0.873. The van der Waals surface area contributed by atoms with Crippen LogP contribution in [-0.4, -0.2) is 40.3 Å². The van der Waals surface area contributed by atoms with E-state index in [1.54, 1.807) is 31.4 Å². The number of benzene rings is 1. The predicted molar refractivity (Wildman–Crippen MR) is 101 cm³/mol. The summed E-state index contributed by atoms with van der Waals surface area (Å²) in [4.78, 5) is 26.1. The minimum atomic E-state index is -0.303. The highest BCUT2D eigenvalue weighted by molar-refractivity contribution is 5.89. The lowest BCUT2D eigenvalue weighted by Gasteiger charge is -2.29. The van der Waals surface area contributed by atoms with Gasteiger partial charge in [0.2, 0.25) is 5.91 Å². The molecule has 0 saturated heterocycles. The number of aromatic nitrogens is 2. The second-order valence-corrected chi connectivity index (χ2v) is 6.80. The minimum Gasteiger partial charge on any atom is -0.497 e. The number of urea groups is 1. The second kappa shape index (κ2) is 8.11. The number of carbonyl (C=O) groups excluding carboxylic acids is 2. The van der Waals surface area contributed by atoms with Crippen molar-refractivity contribution in [3.63, 3.8) is 0 Å². The van der Waals surface area contributed by atoms with Crippen LogP contribution in [0, 0.1) is 5.92 Å². The fraction of sp³-hybridized carbons (Fsp3) is 0.421. The molecule has 2 heterocycles. The summed E-state index contributed by atoms with van der Waals surface area (Å²) in [6, 6.07) is 8.74. The molecule has 0 bridgehead atoms. The number of nitrogens with one attached hydrogen (secondary N) is 2. The van der Waals surface area contributed by atoms with Crippen LogP contribution in [0.15, 0.2) is 30.3 Å². The average molecular weight is 371 g/mol. The smallest absolute Gasteiger partial charge is 0.319 e. The Balaban J connectivity index is 1.53. The number of anilines is 1. The maximum atomic E-state index is 12.2. The monoisotopic (exact) mass is 371 g/mol. The number of ether oxygens (including phenoxy) is 1. The van der Waals surface area contributed by atoms with E-state index < -0.39 is 0 Å². The quantitative estimate of drug-likeness (QED) is 0.843. The first-order valence-electron chi connectivity index (χ1n) is 8.99. The topological polar surface area (TPSA) is 88.5 Å². The van der Waals surface area contributed by atoms with Gasteiger partial charge in [0.25, 0.3) is 0 Å². The van der Waals surface area contributed by atoms with E-state index in [2.05, 4.69) is 15.7 Å². The van der Waals surface area contributed by atoms with Gasteiger partial charge in [0.15, 0.2) is 0 Å². The van der Waals surface area contributed by atoms with Crippen LogP contribution in [0.3, 0.4) is 0 Å². The lowest BCUT2D eigenvalue weighted by Crippen LogP contribution is -2.40. The van der Waals surface area contributed by atoms with Gasteiger partial charge in [0.05, 0.1) is 38.1 Å². The van der Waals surface area contributed by atoms with Crippen molar-refractivity contribution in [3.8, 4) is 5.75 Å². The summed E-state index contributed by atoms with van der Waals surface area (Å²) >= 11 is 0. The Kier molecular flexibility index (Phi) is 5.63. The molecule has 0 spiro atoms. The Morgan fingerprint density at radius 3 is 2.63 bits per heavy atom. The minimum absolute atomic E-state index is 0.0118. The van der Waals surface area contributed by atoms with Crippen molar-refractivity contribution in [2.24, 2.45) is 5.92 Å². The van der Waals surface area contributed by atoms with Crippen molar-refractivity contribution >= 4 is 17.6 Å². The van der Waals surface area contributed by atoms with Gasteiger partial charge >= 0.3 is 6.03 Å². The maximum Gasteiger partial charge on any atom is 0.319 e. The summed E-state index contributed by atoms with van der Waals surface area (Å²) in [5, 5.41) is 10.1. The molecule has 1 aromatic heterocycles. The van der Waals surface area contributed by atoms with E-state index in [9.17, 15) is 9.59 Å². The number of methoxy groups -OCH3 is 1. The van der Waals surface area contributed by atoms with Crippen molar-refractivity contribution in [2.45, 2.75) is 33.5 Å². The molecule has 8 heteroatoms. The van der Waals surface area contributed by atoms with Crippen LogP contribution in [0.1, 0.15) is 25.2 Å². The summed E-state index contributed by atoms with van der Waals surface area (Å²) in [5.41, 5.74) is 2.44. The van der Waals surface area contributed by atoms with Gasteiger partial charge < -0.3 is 20.3 Å². The van der Waals surface area contributed by atoms with E-state index in [4.69, 9.17) is 4.74 Å². The van der Waals surface area contributed by atoms with E-state index >= 15 is 0 Å². The lowest BCUT2D eigenvalue weighted by atomic mass is 10.1. The number of carbonyl (C=O) groups is 2. The number of amides is 3. The van der Waals surface area contributed by atoms with Crippen molar-refractivity contribution in [1.29, 1.82) is 0 Å². The molecule has 0 aliphatic carbocycles. The van der Waals surface area contributed by atoms with Crippen LogP contribution < -0.4 is 15.4 Å². The van der Waals surface area contributed by atoms with Crippen LogP contribution >= 0.6 is 0 Å². The first-order valence-corrected chi connectivity index (χ1v) is 8.99. The maximum absolute atomic E-state index is 12.2. The van der Waals surface area contributed by atoms with Gasteiger partial charge in [0, 0.05) is 18.2 Å². The molecular formula is C19H25N5O3. The van der Waals surface area contributed by atoms with Crippen LogP contribution in [0.25, 0.3) is 0 Å². The molecular weight excluding hydrogens is 346 g/mol. The third-order valence-corrected chi connectivity index (χ3v) is 4.43. The molecule has 0 unspecified atom stereocenters. The highest BCUT2D eigenvalue weighted by Crippen LogP contribution is 2.17. The first kappa shape index (κ1) is 18.8. The van der Waals surface area contributed by atoms with Gasteiger partial charge in [-0.3, -0.25) is 9.48 Å². The standard InChI is InChI=1S/C19H25N5O3/c1-13(2)18(25)23-8-9-24-16(12-23)10-15(22-24)11-20-19(26)21-14-4-6-17(27-3)7-5-14/h4-7,10,13H,8-9,11-12H2,1-3H3,(H2,20,21,26). The number of hydrogen-bond acceptors (Lipinski definition) is 4. The van der Waals surface area contributed by atoms with E-state index in [1.165, 1.54) is 0 Å². The van der Waals surface area contributed by atoms with Crippen LogP contribution in [0.5, 0.6) is 5.75 Å². The fourth-order valence-electron chi connectivity index (χ4n) is 2.99. The van der Waals surface area contributed by atoms with Crippen molar-refractivity contribution in [1.82, 2.24) is 20.0 Å². The van der Waals surface area contributed by atoms with Gasteiger partial charge in [-0.1, -0.05) is 13.8 Å². The molecule has 8 nitrogen and oxygen atoms in total. The molecule has 1 aromatic carbocycles. The van der Waals surface area contributed by atoms with E-state index in [-0.39, 0.29) is 17.9 Å². The Morgan fingerprint density at radius 2 is 1.96 bits per heavy atom.